The molecular formula is C30H28N4O3S. The minimum atomic E-state index is -3.26. The van der Waals surface area contributed by atoms with Gasteiger partial charge in [0.1, 0.15) is 5.82 Å². The van der Waals surface area contributed by atoms with Crippen LogP contribution in [0.4, 0.5) is 5.69 Å². The predicted octanol–water partition coefficient (Wildman–Crippen LogP) is 5.43. The third-order valence-electron chi connectivity index (χ3n) is 6.42. The van der Waals surface area contributed by atoms with Gasteiger partial charge < -0.3 is 9.88 Å². The maximum atomic E-state index is 12.6. The van der Waals surface area contributed by atoms with Gasteiger partial charge in [0, 0.05) is 23.6 Å². The van der Waals surface area contributed by atoms with Crippen LogP contribution in [0, 0.1) is 6.92 Å². The number of carbonyl (C=O) groups excluding carboxylic acids is 1. The highest BCUT2D eigenvalue weighted by Crippen LogP contribution is 2.28. The smallest absolute Gasteiger partial charge is 0.228 e. The number of nitrogens with one attached hydrogen (secondary N) is 1. The topological polar surface area (TPSA) is 94.0 Å². The van der Waals surface area contributed by atoms with Crippen molar-refractivity contribution in [2.45, 2.75) is 31.7 Å². The molecule has 38 heavy (non-hydrogen) atoms. The van der Waals surface area contributed by atoms with Gasteiger partial charge in [-0.15, -0.1) is 0 Å². The number of sulfone groups is 1. The van der Waals surface area contributed by atoms with E-state index in [0.717, 1.165) is 39.1 Å². The van der Waals surface area contributed by atoms with Crippen molar-refractivity contribution in [3.63, 3.8) is 0 Å². The fourth-order valence-electron chi connectivity index (χ4n) is 4.36. The van der Waals surface area contributed by atoms with Crippen LogP contribution in [0.3, 0.4) is 0 Å². The van der Waals surface area contributed by atoms with Gasteiger partial charge in [-0.05, 0) is 78.2 Å². The minimum absolute atomic E-state index is 0.0439. The second-order valence-electron chi connectivity index (χ2n) is 9.22. The number of pyridine rings is 1. The molecule has 7 nitrogen and oxygen atoms in total. The first-order valence-electron chi connectivity index (χ1n) is 12.4. The molecule has 0 atom stereocenters. The van der Waals surface area contributed by atoms with Crippen LogP contribution in [0.1, 0.15) is 23.6 Å². The van der Waals surface area contributed by atoms with Crippen molar-refractivity contribution in [1.82, 2.24) is 14.5 Å². The molecule has 0 unspecified atom stereocenters. The number of fused-ring (bicyclic) bond motifs is 1. The average molecular weight is 525 g/mol. The molecule has 0 saturated heterocycles. The lowest BCUT2D eigenvalue weighted by atomic mass is 10.1. The maximum absolute atomic E-state index is 12.6. The van der Waals surface area contributed by atoms with Crippen molar-refractivity contribution < 1.29 is 13.2 Å². The Morgan fingerprint density at radius 2 is 1.71 bits per heavy atom. The number of hydrogen-bond acceptors (Lipinski definition) is 5. The van der Waals surface area contributed by atoms with Gasteiger partial charge in [-0.2, -0.15) is 0 Å². The van der Waals surface area contributed by atoms with Crippen LogP contribution < -0.4 is 5.32 Å². The Kier molecular flexibility index (Phi) is 7.07. The highest BCUT2D eigenvalue weighted by molar-refractivity contribution is 7.91. The summed E-state index contributed by atoms with van der Waals surface area (Å²) in [5.41, 5.74) is 6.58. The van der Waals surface area contributed by atoms with E-state index in [4.69, 9.17) is 4.98 Å². The number of anilines is 1. The lowest BCUT2D eigenvalue weighted by Crippen LogP contribution is -2.14. The third-order valence-corrected chi connectivity index (χ3v) is 8.17. The van der Waals surface area contributed by atoms with Gasteiger partial charge in [0.15, 0.2) is 9.84 Å². The summed E-state index contributed by atoms with van der Waals surface area (Å²) in [4.78, 5) is 22.1. The van der Waals surface area contributed by atoms with E-state index < -0.39 is 9.84 Å². The number of aryl methyl sites for hydroxylation is 1. The average Bonchev–Trinajstić information content (AvgIpc) is 3.27. The van der Waals surface area contributed by atoms with Crippen LogP contribution in [0.25, 0.3) is 22.4 Å². The molecule has 1 N–H and O–H groups in total. The van der Waals surface area contributed by atoms with Crippen molar-refractivity contribution in [3.8, 4) is 11.4 Å². The van der Waals surface area contributed by atoms with Crippen LogP contribution in [-0.2, 0) is 27.6 Å². The number of carbonyl (C=O) groups is 1. The van der Waals surface area contributed by atoms with E-state index in [1.54, 1.807) is 37.4 Å². The molecule has 0 aliphatic carbocycles. The Balaban J connectivity index is 1.34. The van der Waals surface area contributed by atoms with Crippen LogP contribution in [-0.4, -0.2) is 34.6 Å². The van der Waals surface area contributed by atoms with Crippen molar-refractivity contribution in [1.29, 1.82) is 0 Å². The molecule has 2 aromatic heterocycles. The zero-order valence-corrected chi connectivity index (χ0v) is 22.1. The van der Waals surface area contributed by atoms with Crippen molar-refractivity contribution in [3.05, 3.63) is 108 Å². The van der Waals surface area contributed by atoms with Gasteiger partial charge in [-0.3, -0.25) is 9.78 Å². The summed E-state index contributed by atoms with van der Waals surface area (Å²) in [6.45, 7) is 4.32. The van der Waals surface area contributed by atoms with Gasteiger partial charge in [0.05, 0.1) is 34.6 Å². The number of rotatable bonds is 8. The summed E-state index contributed by atoms with van der Waals surface area (Å²) in [6, 6.07) is 24.3. The molecular weight excluding hydrogens is 496 g/mol. The summed E-state index contributed by atoms with van der Waals surface area (Å²) < 4.78 is 26.2. The van der Waals surface area contributed by atoms with Crippen LogP contribution >= 0.6 is 0 Å². The number of nitrogens with zero attached hydrogens (tertiary/aromatic N) is 3. The Bertz CT molecular complexity index is 1690. The van der Waals surface area contributed by atoms with Crippen molar-refractivity contribution in [2.75, 3.05) is 11.1 Å². The number of aromatic nitrogens is 3. The van der Waals surface area contributed by atoms with E-state index in [1.165, 1.54) is 0 Å². The summed E-state index contributed by atoms with van der Waals surface area (Å²) in [7, 11) is -3.26. The fourth-order valence-corrected chi connectivity index (χ4v) is 5.25. The van der Waals surface area contributed by atoms with Gasteiger partial charge >= 0.3 is 0 Å². The van der Waals surface area contributed by atoms with E-state index >= 15 is 0 Å². The van der Waals surface area contributed by atoms with E-state index in [2.05, 4.69) is 33.9 Å². The zero-order valence-electron chi connectivity index (χ0n) is 21.3. The number of imidazole rings is 1. The molecule has 0 aliphatic rings. The first kappa shape index (κ1) is 25.4. The lowest BCUT2D eigenvalue weighted by molar-refractivity contribution is -0.115. The quantitative estimate of drug-likeness (QED) is 0.292. The molecule has 0 radical (unpaired) electrons. The Morgan fingerprint density at radius 1 is 0.947 bits per heavy atom. The molecule has 3 aromatic carbocycles. The molecule has 5 rings (SSSR count). The first-order valence-corrected chi connectivity index (χ1v) is 14.1. The molecule has 0 saturated carbocycles. The monoisotopic (exact) mass is 524 g/mol. The Morgan fingerprint density at radius 3 is 2.39 bits per heavy atom. The second kappa shape index (κ2) is 10.6. The summed E-state index contributed by atoms with van der Waals surface area (Å²) >= 11 is 0. The summed E-state index contributed by atoms with van der Waals surface area (Å²) in [6.07, 6.45) is 3.77. The second-order valence-corrected chi connectivity index (χ2v) is 11.5. The number of benzene rings is 3. The Hall–Kier alpha value is -4.30. The zero-order chi connectivity index (χ0) is 26.7. The van der Waals surface area contributed by atoms with Crippen molar-refractivity contribution in [2.24, 2.45) is 0 Å². The number of amides is 1. The van der Waals surface area contributed by atoms with Gasteiger partial charge in [-0.25, -0.2) is 13.4 Å². The molecule has 1 amide bonds. The molecule has 5 aromatic rings. The summed E-state index contributed by atoms with van der Waals surface area (Å²) in [5, 5.41) is 2.92. The fraction of sp³-hybridized carbons (Fsp3) is 0.167. The lowest BCUT2D eigenvalue weighted by Gasteiger charge is -2.11. The van der Waals surface area contributed by atoms with Crippen molar-refractivity contribution >= 4 is 32.5 Å². The first-order chi connectivity index (χ1) is 18.3. The highest BCUT2D eigenvalue weighted by Gasteiger charge is 2.15. The van der Waals surface area contributed by atoms with E-state index in [-0.39, 0.29) is 23.0 Å². The Labute approximate surface area is 222 Å². The third kappa shape index (κ3) is 5.50. The van der Waals surface area contributed by atoms with Gasteiger partial charge in [0.2, 0.25) is 5.91 Å². The maximum Gasteiger partial charge on any atom is 0.228 e. The molecule has 0 fully saturated rings. The minimum Gasteiger partial charge on any atom is -0.326 e. The van der Waals surface area contributed by atoms with E-state index in [0.29, 0.717) is 12.2 Å². The summed E-state index contributed by atoms with van der Waals surface area (Å²) in [5.74, 6) is 0.708. The van der Waals surface area contributed by atoms with E-state index in [9.17, 15) is 13.2 Å². The predicted molar refractivity (Wildman–Crippen MR) is 150 cm³/mol. The van der Waals surface area contributed by atoms with Gasteiger partial charge in [-0.1, -0.05) is 31.2 Å². The van der Waals surface area contributed by atoms with Crippen LogP contribution in [0.2, 0.25) is 0 Å². The van der Waals surface area contributed by atoms with E-state index in [1.807, 2.05) is 48.7 Å². The normalized spacial score (nSPS) is 11.5. The largest absolute Gasteiger partial charge is 0.326 e. The number of hydrogen-bond donors (Lipinski definition) is 1. The van der Waals surface area contributed by atoms with Crippen LogP contribution in [0.15, 0.2) is 96.2 Å². The standard InChI is InChI=1S/C30H28N4O3S/c1-3-38(36,37)26-13-7-22(8-14-26)18-29(35)32-25-11-9-24(10-12-25)30-33-27-15-6-21(2)17-28(27)34(30)20-23-5-4-16-31-19-23/h4-17,19H,3,18,20H2,1-2H3,(H,32,35). The van der Waals surface area contributed by atoms with Crippen LogP contribution in [0.5, 0.6) is 0 Å². The van der Waals surface area contributed by atoms with Gasteiger partial charge in [0.25, 0.3) is 0 Å². The molecule has 0 aliphatic heterocycles. The molecule has 192 valence electrons. The molecule has 2 heterocycles. The highest BCUT2D eigenvalue weighted by atomic mass is 32.2. The SMILES string of the molecule is CCS(=O)(=O)c1ccc(CC(=O)Nc2ccc(-c3nc4ccc(C)cc4n3Cc3cccnc3)cc2)cc1. The molecule has 0 spiro atoms. The molecule has 0 bridgehead atoms. The molecule has 8 heteroatoms.